The van der Waals surface area contributed by atoms with Crippen molar-refractivity contribution in [2.75, 3.05) is 32.9 Å². The predicted molar refractivity (Wildman–Crippen MR) is 106 cm³/mol. The number of furan rings is 1. The van der Waals surface area contributed by atoms with Crippen molar-refractivity contribution < 1.29 is 8.63 Å². The van der Waals surface area contributed by atoms with Crippen molar-refractivity contribution in [1.29, 1.82) is 0 Å². The molecular formula is C16H27N5O2S2. The third kappa shape index (κ3) is 7.21. The fraction of sp³-hybridized carbons (Fsp3) is 0.625. The van der Waals surface area contributed by atoms with Crippen LogP contribution in [0.3, 0.4) is 0 Å². The maximum atomic E-state index is 11.5. The van der Waals surface area contributed by atoms with E-state index in [0.717, 1.165) is 55.5 Å². The van der Waals surface area contributed by atoms with Crippen LogP contribution in [0.1, 0.15) is 31.3 Å². The first-order valence-corrected chi connectivity index (χ1v) is 10.7. The molecule has 0 aromatic carbocycles. The van der Waals surface area contributed by atoms with Gasteiger partial charge in [-0.2, -0.15) is 11.8 Å². The third-order valence-corrected chi connectivity index (χ3v) is 5.02. The van der Waals surface area contributed by atoms with E-state index in [1.54, 1.807) is 11.8 Å². The van der Waals surface area contributed by atoms with Crippen molar-refractivity contribution in [2.45, 2.75) is 32.1 Å². The molecule has 140 valence electrons. The summed E-state index contributed by atoms with van der Waals surface area (Å²) in [6.07, 6.45) is 2.15. The van der Waals surface area contributed by atoms with Gasteiger partial charge in [0.05, 0.1) is 12.3 Å². The number of hydrogen-bond acceptors (Lipinski definition) is 6. The molecule has 25 heavy (non-hydrogen) atoms. The lowest BCUT2D eigenvalue weighted by molar-refractivity contribution is 0.344. The van der Waals surface area contributed by atoms with Crippen LogP contribution in [0.15, 0.2) is 25.3 Å². The molecule has 0 saturated heterocycles. The summed E-state index contributed by atoms with van der Waals surface area (Å²) in [4.78, 5) is 2.08. The third-order valence-electron chi connectivity index (χ3n) is 3.36. The molecule has 0 radical (unpaired) electrons. The Morgan fingerprint density at radius 2 is 1.84 bits per heavy atom. The first-order chi connectivity index (χ1) is 12.1. The van der Waals surface area contributed by atoms with Gasteiger partial charge in [0, 0.05) is 18.8 Å². The largest absolute Gasteiger partial charge is 0.464 e. The lowest BCUT2D eigenvalue weighted by Crippen LogP contribution is -2.39. The second-order valence-electron chi connectivity index (χ2n) is 5.98. The van der Waals surface area contributed by atoms with Gasteiger partial charge >= 0.3 is 0 Å². The highest BCUT2D eigenvalue weighted by molar-refractivity contribution is 7.98. The molecule has 2 rings (SSSR count). The van der Waals surface area contributed by atoms with Gasteiger partial charge in [0.25, 0.3) is 11.2 Å². The van der Waals surface area contributed by atoms with Crippen LogP contribution >= 0.6 is 11.8 Å². The maximum absolute atomic E-state index is 11.5. The summed E-state index contributed by atoms with van der Waals surface area (Å²) in [5.41, 5.74) is 0. The zero-order valence-electron chi connectivity index (χ0n) is 15.1. The number of thioether (sulfide) groups is 1. The van der Waals surface area contributed by atoms with E-state index in [9.17, 15) is 4.21 Å². The summed E-state index contributed by atoms with van der Waals surface area (Å²) < 4.78 is 25.3. The standard InChI is InChI=1S/C16H27N5O2S2/c1-4-5-8-17-15-16(20-25(22)19-15)18-9-10-24-12-14-7-6-13(23-14)11-21(2)3/h6-7H,4-5,8-12H2,1-3H3,(H,17,19)(H,18,20). The van der Waals surface area contributed by atoms with Crippen molar-refractivity contribution in [3.63, 3.8) is 0 Å². The van der Waals surface area contributed by atoms with Crippen LogP contribution in [0.25, 0.3) is 0 Å². The monoisotopic (exact) mass is 385 g/mol. The number of nitrogens with one attached hydrogen (secondary N) is 2. The zero-order chi connectivity index (χ0) is 18.1. The fourth-order valence-corrected chi connectivity index (χ4v) is 3.59. The Labute approximate surface area is 156 Å². The highest BCUT2D eigenvalue weighted by Gasteiger charge is 2.17. The van der Waals surface area contributed by atoms with Crippen molar-refractivity contribution in [1.82, 2.24) is 15.5 Å². The van der Waals surface area contributed by atoms with Gasteiger partial charge in [0.15, 0.2) is 11.7 Å². The number of hydrogen-bond donors (Lipinski definition) is 2. The number of nitrogens with zero attached hydrogens (tertiary/aromatic N) is 3. The average molecular weight is 386 g/mol. The fourth-order valence-electron chi connectivity index (χ4n) is 2.19. The minimum atomic E-state index is -1.50. The van der Waals surface area contributed by atoms with Gasteiger partial charge in [-0.05, 0) is 32.6 Å². The van der Waals surface area contributed by atoms with E-state index < -0.39 is 11.2 Å². The van der Waals surface area contributed by atoms with E-state index in [1.807, 2.05) is 26.2 Å². The van der Waals surface area contributed by atoms with Crippen LogP contribution in [0.2, 0.25) is 0 Å². The molecule has 2 heterocycles. The van der Waals surface area contributed by atoms with Gasteiger partial charge in [-0.1, -0.05) is 13.3 Å². The van der Waals surface area contributed by atoms with E-state index in [1.165, 1.54) is 0 Å². The molecular weight excluding hydrogens is 358 g/mol. The summed E-state index contributed by atoms with van der Waals surface area (Å²) >= 11 is 0.282. The molecule has 1 unspecified atom stereocenters. The molecule has 0 bridgehead atoms. The normalized spacial score (nSPS) is 16.9. The summed E-state index contributed by atoms with van der Waals surface area (Å²) in [7, 11) is 4.05. The van der Waals surface area contributed by atoms with E-state index >= 15 is 0 Å². The van der Waals surface area contributed by atoms with Crippen molar-refractivity contribution in [2.24, 2.45) is 8.80 Å². The molecule has 2 N–H and O–H groups in total. The van der Waals surface area contributed by atoms with Crippen molar-refractivity contribution >= 4 is 34.6 Å². The number of unbranched alkanes of at least 4 members (excludes halogenated alkanes) is 1. The Hall–Kier alpha value is -1.32. The minimum absolute atomic E-state index is 0.598. The van der Waals surface area contributed by atoms with Crippen LogP contribution in [-0.4, -0.2) is 53.7 Å². The van der Waals surface area contributed by atoms with Crippen molar-refractivity contribution in [3.05, 3.63) is 23.7 Å². The first-order valence-electron chi connectivity index (χ1n) is 8.46. The van der Waals surface area contributed by atoms with Crippen LogP contribution in [0.5, 0.6) is 0 Å². The average Bonchev–Trinajstić information content (AvgIpc) is 3.13. The van der Waals surface area contributed by atoms with Crippen molar-refractivity contribution in [3.8, 4) is 0 Å². The van der Waals surface area contributed by atoms with Crippen LogP contribution in [0.4, 0.5) is 0 Å². The highest BCUT2D eigenvalue weighted by atomic mass is 32.2. The van der Waals surface area contributed by atoms with Crippen LogP contribution < -0.4 is 10.6 Å². The molecule has 0 fully saturated rings. The Bertz CT molecular complexity index is 628. The first kappa shape index (κ1) is 20.0. The second-order valence-corrected chi connectivity index (χ2v) is 7.91. The molecule has 7 nitrogen and oxygen atoms in total. The van der Waals surface area contributed by atoms with Gasteiger partial charge in [-0.25, -0.2) is 4.21 Å². The van der Waals surface area contributed by atoms with Gasteiger partial charge in [-0.3, -0.25) is 0 Å². The van der Waals surface area contributed by atoms with E-state index in [2.05, 4.69) is 31.3 Å². The molecule has 1 aliphatic heterocycles. The minimum Gasteiger partial charge on any atom is -0.464 e. The van der Waals surface area contributed by atoms with Gasteiger partial charge < -0.3 is 20.0 Å². The number of rotatable bonds is 10. The summed E-state index contributed by atoms with van der Waals surface area (Å²) in [6, 6.07) is 4.06. The Kier molecular flexibility index (Phi) is 8.50. The second kappa shape index (κ2) is 10.6. The molecule has 1 aromatic rings. The van der Waals surface area contributed by atoms with Crippen LogP contribution in [-0.2, 0) is 23.5 Å². The molecule has 1 aliphatic rings. The molecule has 0 amide bonds. The quantitative estimate of drug-likeness (QED) is 0.599. The van der Waals surface area contributed by atoms with Gasteiger partial charge in [-0.15, -0.1) is 8.80 Å². The lowest BCUT2D eigenvalue weighted by atomic mass is 10.3. The SMILES string of the molecule is CCCCNC1=NS(=O)N=C1NCCSCc1ccc(CN(C)C)o1. The molecule has 0 spiro atoms. The predicted octanol–water partition coefficient (Wildman–Crippen LogP) is 1.94. The topological polar surface area (TPSA) is 82.2 Å². The maximum Gasteiger partial charge on any atom is 0.269 e. The molecule has 1 aromatic heterocycles. The molecule has 0 saturated carbocycles. The van der Waals surface area contributed by atoms with Gasteiger partial charge in [0.1, 0.15) is 11.5 Å². The highest BCUT2D eigenvalue weighted by Crippen LogP contribution is 2.16. The van der Waals surface area contributed by atoms with Crippen LogP contribution in [0, 0.1) is 0 Å². The smallest absolute Gasteiger partial charge is 0.269 e. The van der Waals surface area contributed by atoms with E-state index in [0.29, 0.717) is 11.7 Å². The Morgan fingerprint density at radius 3 is 2.52 bits per heavy atom. The zero-order valence-corrected chi connectivity index (χ0v) is 16.7. The Balaban J connectivity index is 1.65. The summed E-state index contributed by atoms with van der Waals surface area (Å²) in [5, 5.41) is 6.40. The van der Waals surface area contributed by atoms with Gasteiger partial charge in [0.2, 0.25) is 0 Å². The van der Waals surface area contributed by atoms with E-state index in [4.69, 9.17) is 4.42 Å². The summed E-state index contributed by atoms with van der Waals surface area (Å²) in [6.45, 7) is 4.50. The summed E-state index contributed by atoms with van der Waals surface area (Å²) in [5.74, 6) is 4.92. The molecule has 0 aliphatic carbocycles. The Morgan fingerprint density at radius 1 is 1.16 bits per heavy atom. The molecule has 9 heteroatoms. The number of amidine groups is 2. The lowest BCUT2D eigenvalue weighted by Gasteiger charge is -2.09. The molecule has 1 atom stereocenters. The van der Waals surface area contributed by atoms with E-state index in [-0.39, 0.29) is 0 Å².